The van der Waals surface area contributed by atoms with E-state index < -0.39 is 0 Å². The minimum atomic E-state index is -0.289. The summed E-state index contributed by atoms with van der Waals surface area (Å²) in [7, 11) is 1.64. The molecule has 0 N–H and O–H groups in total. The highest BCUT2D eigenvalue weighted by molar-refractivity contribution is 7.10. The van der Waals surface area contributed by atoms with E-state index in [0.717, 1.165) is 23.3 Å². The largest absolute Gasteiger partial charge is 0.497 e. The first-order chi connectivity index (χ1) is 13.2. The Morgan fingerprint density at radius 2 is 1.89 bits per heavy atom. The molecule has 0 saturated carbocycles. The molecule has 0 bridgehead atoms. The van der Waals surface area contributed by atoms with E-state index >= 15 is 0 Å². The molecule has 0 fully saturated rings. The summed E-state index contributed by atoms with van der Waals surface area (Å²) in [6, 6.07) is 16.1. The molecule has 138 valence electrons. The van der Waals surface area contributed by atoms with Crippen molar-refractivity contribution in [2.24, 2.45) is 0 Å². The number of ether oxygens (including phenoxy) is 1. The number of thiophene rings is 1. The Morgan fingerprint density at radius 1 is 1.15 bits per heavy atom. The summed E-state index contributed by atoms with van der Waals surface area (Å²) in [5.74, 6) is 0.562. The van der Waals surface area contributed by atoms with Gasteiger partial charge < -0.3 is 9.64 Å². The maximum Gasteiger partial charge on any atom is 0.227 e. The van der Waals surface area contributed by atoms with Crippen molar-refractivity contribution < 1.29 is 13.9 Å². The minimum Gasteiger partial charge on any atom is -0.497 e. The smallest absolute Gasteiger partial charge is 0.227 e. The first-order valence-corrected chi connectivity index (χ1v) is 9.78. The molecule has 0 spiro atoms. The molecular weight excluding hydrogens is 361 g/mol. The number of halogens is 1. The summed E-state index contributed by atoms with van der Waals surface area (Å²) in [6.07, 6.45) is 1.14. The second kappa shape index (κ2) is 7.53. The van der Waals surface area contributed by atoms with Gasteiger partial charge in [0, 0.05) is 11.4 Å². The van der Waals surface area contributed by atoms with Crippen LogP contribution in [0.2, 0.25) is 0 Å². The maximum atomic E-state index is 13.1. The highest BCUT2D eigenvalue weighted by Gasteiger charge is 2.32. The lowest BCUT2D eigenvalue weighted by molar-refractivity contribution is -0.132. The number of hydrogen-bond acceptors (Lipinski definition) is 3. The van der Waals surface area contributed by atoms with Gasteiger partial charge in [-0.3, -0.25) is 4.79 Å². The summed E-state index contributed by atoms with van der Waals surface area (Å²) in [5.41, 5.74) is 3.09. The lowest BCUT2D eigenvalue weighted by Crippen LogP contribution is -2.40. The van der Waals surface area contributed by atoms with Crippen LogP contribution in [0.25, 0.3) is 0 Å². The summed E-state index contributed by atoms with van der Waals surface area (Å²) in [6.45, 7) is 0.685. The van der Waals surface area contributed by atoms with Gasteiger partial charge in [0.25, 0.3) is 0 Å². The van der Waals surface area contributed by atoms with Crippen LogP contribution in [0.1, 0.15) is 27.6 Å². The van der Waals surface area contributed by atoms with Crippen molar-refractivity contribution in [2.75, 3.05) is 13.7 Å². The van der Waals surface area contributed by atoms with Gasteiger partial charge in [-0.1, -0.05) is 24.3 Å². The molecule has 1 unspecified atom stereocenters. The molecule has 3 aromatic rings. The number of carbonyl (C=O) groups excluding carboxylic acids is 1. The maximum absolute atomic E-state index is 13.1. The molecular formula is C22H20FNO2S. The first kappa shape index (κ1) is 17.7. The Hall–Kier alpha value is -2.66. The molecule has 3 nitrogen and oxygen atoms in total. The minimum absolute atomic E-state index is 0.0549. The molecule has 0 radical (unpaired) electrons. The fourth-order valence-corrected chi connectivity index (χ4v) is 4.51. The number of hydrogen-bond donors (Lipinski definition) is 0. The van der Waals surface area contributed by atoms with Crippen molar-refractivity contribution in [3.05, 3.63) is 87.4 Å². The van der Waals surface area contributed by atoms with E-state index in [1.807, 2.05) is 29.2 Å². The van der Waals surface area contributed by atoms with Crippen molar-refractivity contribution in [2.45, 2.75) is 18.9 Å². The second-order valence-corrected chi connectivity index (χ2v) is 7.62. The van der Waals surface area contributed by atoms with Crippen LogP contribution < -0.4 is 4.74 Å². The SMILES string of the molecule is COc1ccc(C2c3ccsc3CCN2C(=O)Cc2ccc(F)cc2)cc1. The van der Waals surface area contributed by atoms with Crippen molar-refractivity contribution in [3.63, 3.8) is 0 Å². The number of rotatable bonds is 4. The van der Waals surface area contributed by atoms with Gasteiger partial charge in [-0.15, -0.1) is 11.3 Å². The molecule has 27 heavy (non-hydrogen) atoms. The van der Waals surface area contributed by atoms with E-state index in [9.17, 15) is 9.18 Å². The molecule has 0 aliphatic carbocycles. The molecule has 1 aliphatic rings. The molecule has 1 amide bonds. The zero-order chi connectivity index (χ0) is 18.8. The molecule has 2 heterocycles. The van der Waals surface area contributed by atoms with E-state index in [2.05, 4.69) is 11.4 Å². The average molecular weight is 381 g/mol. The lowest BCUT2D eigenvalue weighted by atomic mass is 9.92. The number of fused-ring (bicyclic) bond motifs is 1. The fourth-order valence-electron chi connectivity index (χ4n) is 3.61. The van der Waals surface area contributed by atoms with Gasteiger partial charge in [0.1, 0.15) is 11.6 Å². The molecule has 1 atom stereocenters. The summed E-state index contributed by atoms with van der Waals surface area (Å²) >= 11 is 1.75. The van der Waals surface area contributed by atoms with Crippen LogP contribution in [0.3, 0.4) is 0 Å². The topological polar surface area (TPSA) is 29.5 Å². The Balaban J connectivity index is 1.65. The van der Waals surface area contributed by atoms with Crippen molar-refractivity contribution in [1.82, 2.24) is 4.90 Å². The van der Waals surface area contributed by atoms with Gasteiger partial charge in [-0.25, -0.2) is 4.39 Å². The third-order valence-corrected chi connectivity index (χ3v) is 5.98. The predicted octanol–water partition coefficient (Wildman–Crippen LogP) is 4.61. The summed E-state index contributed by atoms with van der Waals surface area (Å²) < 4.78 is 18.4. The summed E-state index contributed by atoms with van der Waals surface area (Å²) in [5, 5.41) is 2.09. The van der Waals surface area contributed by atoms with Crippen LogP contribution in [0.15, 0.2) is 60.0 Å². The Morgan fingerprint density at radius 3 is 2.59 bits per heavy atom. The van der Waals surface area contributed by atoms with E-state index in [4.69, 9.17) is 4.74 Å². The highest BCUT2D eigenvalue weighted by Crippen LogP contribution is 2.38. The monoisotopic (exact) mass is 381 g/mol. The molecule has 0 saturated heterocycles. The Kier molecular flexibility index (Phi) is 4.94. The van der Waals surface area contributed by atoms with Crippen LogP contribution in [-0.2, 0) is 17.6 Å². The quantitative estimate of drug-likeness (QED) is 0.660. The molecule has 5 heteroatoms. The van der Waals surface area contributed by atoms with E-state index in [1.54, 1.807) is 30.6 Å². The first-order valence-electron chi connectivity index (χ1n) is 8.90. The van der Waals surface area contributed by atoms with Gasteiger partial charge in [-0.05, 0) is 58.8 Å². The zero-order valence-electron chi connectivity index (χ0n) is 15.0. The molecule has 4 rings (SSSR count). The van der Waals surface area contributed by atoms with Gasteiger partial charge >= 0.3 is 0 Å². The number of nitrogens with zero attached hydrogens (tertiary/aromatic N) is 1. The van der Waals surface area contributed by atoms with Gasteiger partial charge in [0.05, 0.1) is 19.6 Å². The second-order valence-electron chi connectivity index (χ2n) is 6.62. The standard InChI is InChI=1S/C22H20FNO2S/c1-26-18-8-4-16(5-9-18)22-19-11-13-27-20(19)10-12-24(22)21(25)14-15-2-6-17(23)7-3-15/h2-9,11,13,22H,10,12,14H2,1H3. The van der Waals surface area contributed by atoms with Gasteiger partial charge in [0.2, 0.25) is 5.91 Å². The number of benzene rings is 2. The van der Waals surface area contributed by atoms with Crippen LogP contribution in [0, 0.1) is 5.82 Å². The van der Waals surface area contributed by atoms with Gasteiger partial charge in [-0.2, -0.15) is 0 Å². The highest BCUT2D eigenvalue weighted by atomic mass is 32.1. The molecule has 2 aromatic carbocycles. The van der Waals surface area contributed by atoms with Crippen molar-refractivity contribution in [3.8, 4) is 5.75 Å². The normalized spacial score (nSPS) is 16.1. The van der Waals surface area contributed by atoms with Crippen molar-refractivity contribution in [1.29, 1.82) is 0 Å². The number of methoxy groups -OCH3 is 1. The predicted molar refractivity (Wildman–Crippen MR) is 105 cm³/mol. The fraction of sp³-hybridized carbons (Fsp3) is 0.227. The average Bonchev–Trinajstić information content (AvgIpc) is 3.18. The lowest BCUT2D eigenvalue weighted by Gasteiger charge is -2.36. The Bertz CT molecular complexity index is 934. The third-order valence-electron chi connectivity index (χ3n) is 4.99. The van der Waals surface area contributed by atoms with E-state index in [1.165, 1.54) is 22.6 Å². The van der Waals surface area contributed by atoms with Crippen molar-refractivity contribution >= 4 is 17.2 Å². The van der Waals surface area contributed by atoms with E-state index in [-0.39, 0.29) is 24.2 Å². The van der Waals surface area contributed by atoms with Gasteiger partial charge in [0.15, 0.2) is 0 Å². The van der Waals surface area contributed by atoms with Crippen LogP contribution in [-0.4, -0.2) is 24.5 Å². The molecule has 1 aliphatic heterocycles. The third kappa shape index (κ3) is 3.60. The van der Waals surface area contributed by atoms with Crippen LogP contribution in [0.4, 0.5) is 4.39 Å². The van der Waals surface area contributed by atoms with Crippen LogP contribution in [0.5, 0.6) is 5.75 Å². The van der Waals surface area contributed by atoms with Crippen LogP contribution >= 0.6 is 11.3 Å². The zero-order valence-corrected chi connectivity index (χ0v) is 15.8. The summed E-state index contributed by atoms with van der Waals surface area (Å²) in [4.78, 5) is 16.4. The number of carbonyl (C=O) groups is 1. The Labute approximate surface area is 162 Å². The molecule has 1 aromatic heterocycles. The number of amides is 1. The van der Waals surface area contributed by atoms with E-state index in [0.29, 0.717) is 6.54 Å².